The van der Waals surface area contributed by atoms with E-state index >= 15 is 0 Å². The van der Waals surface area contributed by atoms with Crippen molar-refractivity contribution in [2.45, 2.75) is 13.3 Å². The van der Waals surface area contributed by atoms with Gasteiger partial charge in [-0.05, 0) is 12.1 Å². The van der Waals surface area contributed by atoms with Crippen LogP contribution in [0.2, 0.25) is 0 Å². The third-order valence-corrected chi connectivity index (χ3v) is 2.67. The van der Waals surface area contributed by atoms with Gasteiger partial charge in [0.1, 0.15) is 17.2 Å². The first-order valence-electron chi connectivity index (χ1n) is 5.04. The number of ether oxygens (including phenoxy) is 1. The van der Waals surface area contributed by atoms with Crippen molar-refractivity contribution in [3.63, 3.8) is 0 Å². The summed E-state index contributed by atoms with van der Waals surface area (Å²) in [5.41, 5.74) is 1.87. The quantitative estimate of drug-likeness (QED) is 0.861. The van der Waals surface area contributed by atoms with E-state index in [9.17, 15) is 0 Å². The van der Waals surface area contributed by atoms with E-state index in [-0.39, 0.29) is 0 Å². The monoisotopic (exact) mass is 281 g/mol. The molecule has 0 saturated heterocycles. The zero-order valence-corrected chi connectivity index (χ0v) is 10.7. The topological polar surface area (TPSA) is 35.3 Å². The molecule has 0 aliphatic carbocycles. The second-order valence-corrected chi connectivity index (χ2v) is 4.00. The van der Waals surface area contributed by atoms with Crippen LogP contribution in [0.1, 0.15) is 12.7 Å². The lowest BCUT2D eigenvalue weighted by Gasteiger charge is -2.02. The highest BCUT2D eigenvalue weighted by molar-refractivity contribution is 9.10. The zero-order valence-electron chi connectivity index (χ0n) is 9.16. The standard InChI is InChI=1S/C12H12BrNO2/c1-3-10-11(14-12(13)16-10)8-5-4-6-9(7-8)15-2/h4-7H,3H2,1-2H3. The molecule has 0 unspecified atom stereocenters. The largest absolute Gasteiger partial charge is 0.497 e. The Morgan fingerprint density at radius 1 is 1.44 bits per heavy atom. The van der Waals surface area contributed by atoms with Crippen molar-refractivity contribution in [1.29, 1.82) is 0 Å². The molecule has 0 atom stereocenters. The molecule has 2 aromatic rings. The Morgan fingerprint density at radius 3 is 2.94 bits per heavy atom. The van der Waals surface area contributed by atoms with Crippen molar-refractivity contribution in [2.24, 2.45) is 0 Å². The maximum atomic E-state index is 5.46. The fourth-order valence-corrected chi connectivity index (χ4v) is 1.93. The number of rotatable bonds is 3. The summed E-state index contributed by atoms with van der Waals surface area (Å²) in [7, 11) is 1.65. The van der Waals surface area contributed by atoms with Gasteiger partial charge in [-0.25, -0.2) is 4.98 Å². The molecule has 0 amide bonds. The Balaban J connectivity index is 2.48. The molecular formula is C12H12BrNO2. The van der Waals surface area contributed by atoms with Crippen LogP contribution >= 0.6 is 15.9 Å². The smallest absolute Gasteiger partial charge is 0.264 e. The minimum absolute atomic E-state index is 0.516. The number of aryl methyl sites for hydroxylation is 1. The molecule has 0 saturated carbocycles. The van der Waals surface area contributed by atoms with Gasteiger partial charge in [0.25, 0.3) is 4.80 Å². The lowest BCUT2D eigenvalue weighted by atomic mass is 10.1. The minimum Gasteiger partial charge on any atom is -0.497 e. The number of benzene rings is 1. The Bertz CT molecular complexity index is 494. The lowest BCUT2D eigenvalue weighted by molar-refractivity contribution is 0.415. The SMILES string of the molecule is CCc1oc(Br)nc1-c1cccc(OC)c1. The average molecular weight is 282 g/mol. The third kappa shape index (κ3) is 2.11. The summed E-state index contributed by atoms with van der Waals surface area (Å²) in [6, 6.07) is 7.79. The van der Waals surface area contributed by atoms with Crippen LogP contribution in [0.4, 0.5) is 0 Å². The predicted molar refractivity (Wildman–Crippen MR) is 65.6 cm³/mol. The molecule has 16 heavy (non-hydrogen) atoms. The van der Waals surface area contributed by atoms with Gasteiger partial charge >= 0.3 is 0 Å². The van der Waals surface area contributed by atoms with Gasteiger partial charge in [-0.1, -0.05) is 19.1 Å². The molecule has 0 spiro atoms. The fourth-order valence-electron chi connectivity index (χ4n) is 1.56. The molecule has 84 valence electrons. The maximum Gasteiger partial charge on any atom is 0.264 e. The van der Waals surface area contributed by atoms with E-state index in [4.69, 9.17) is 9.15 Å². The van der Waals surface area contributed by atoms with Gasteiger partial charge in [0.05, 0.1) is 7.11 Å². The van der Waals surface area contributed by atoms with Crippen LogP contribution in [0.3, 0.4) is 0 Å². The molecule has 4 heteroatoms. The van der Waals surface area contributed by atoms with Crippen LogP contribution < -0.4 is 4.74 Å². The Morgan fingerprint density at radius 2 is 2.25 bits per heavy atom. The molecule has 0 bridgehead atoms. The van der Waals surface area contributed by atoms with E-state index in [0.29, 0.717) is 4.80 Å². The van der Waals surface area contributed by atoms with Gasteiger partial charge in [-0.2, -0.15) is 0 Å². The van der Waals surface area contributed by atoms with E-state index in [1.54, 1.807) is 7.11 Å². The highest BCUT2D eigenvalue weighted by Crippen LogP contribution is 2.28. The summed E-state index contributed by atoms with van der Waals surface area (Å²) in [5, 5.41) is 0. The highest BCUT2D eigenvalue weighted by Gasteiger charge is 2.12. The zero-order chi connectivity index (χ0) is 11.5. The molecule has 0 fully saturated rings. The highest BCUT2D eigenvalue weighted by atomic mass is 79.9. The van der Waals surface area contributed by atoms with Crippen LogP contribution in [-0.4, -0.2) is 12.1 Å². The molecular weight excluding hydrogens is 270 g/mol. The second kappa shape index (κ2) is 4.70. The first-order valence-corrected chi connectivity index (χ1v) is 5.83. The van der Waals surface area contributed by atoms with Crippen molar-refractivity contribution in [3.8, 4) is 17.0 Å². The maximum absolute atomic E-state index is 5.46. The molecule has 3 nitrogen and oxygen atoms in total. The van der Waals surface area contributed by atoms with Crippen molar-refractivity contribution in [1.82, 2.24) is 4.98 Å². The summed E-state index contributed by atoms with van der Waals surface area (Å²) in [4.78, 5) is 4.84. The van der Waals surface area contributed by atoms with E-state index < -0.39 is 0 Å². The van der Waals surface area contributed by atoms with Gasteiger partial charge in [-0.3, -0.25) is 0 Å². The van der Waals surface area contributed by atoms with Gasteiger partial charge in [0, 0.05) is 27.9 Å². The molecule has 2 rings (SSSR count). The number of halogens is 1. The van der Waals surface area contributed by atoms with Crippen molar-refractivity contribution >= 4 is 15.9 Å². The molecule has 1 aromatic carbocycles. The number of hydrogen-bond donors (Lipinski definition) is 0. The fraction of sp³-hybridized carbons (Fsp3) is 0.250. The summed E-state index contributed by atoms with van der Waals surface area (Å²) in [5.74, 6) is 1.69. The number of aromatic nitrogens is 1. The van der Waals surface area contributed by atoms with E-state index in [1.165, 1.54) is 0 Å². The molecule has 0 radical (unpaired) electrons. The second-order valence-electron chi connectivity index (χ2n) is 3.32. The van der Waals surface area contributed by atoms with Crippen molar-refractivity contribution < 1.29 is 9.15 Å². The van der Waals surface area contributed by atoms with Crippen LogP contribution in [0.25, 0.3) is 11.3 Å². The normalized spacial score (nSPS) is 10.4. The number of methoxy groups -OCH3 is 1. The molecule has 0 aliphatic rings. The van der Waals surface area contributed by atoms with E-state index in [0.717, 1.165) is 29.2 Å². The number of hydrogen-bond acceptors (Lipinski definition) is 3. The molecule has 1 heterocycles. The Kier molecular flexibility index (Phi) is 3.29. The van der Waals surface area contributed by atoms with Crippen molar-refractivity contribution in [3.05, 3.63) is 34.8 Å². The third-order valence-electron chi connectivity index (χ3n) is 2.34. The van der Waals surface area contributed by atoms with Gasteiger partial charge in [-0.15, -0.1) is 0 Å². The summed E-state index contributed by atoms with van der Waals surface area (Å²) in [6.45, 7) is 2.04. The van der Waals surface area contributed by atoms with Crippen LogP contribution in [0, 0.1) is 0 Å². The summed E-state index contributed by atoms with van der Waals surface area (Å²) in [6.07, 6.45) is 0.811. The first kappa shape index (κ1) is 11.2. The summed E-state index contributed by atoms with van der Waals surface area (Å²) < 4.78 is 10.6. The average Bonchev–Trinajstić information content (AvgIpc) is 2.70. The molecule has 0 aliphatic heterocycles. The summed E-state index contributed by atoms with van der Waals surface area (Å²) >= 11 is 3.25. The van der Waals surface area contributed by atoms with Gasteiger partial charge < -0.3 is 9.15 Å². The predicted octanol–water partition coefficient (Wildman–Crippen LogP) is 3.68. The lowest BCUT2D eigenvalue weighted by Crippen LogP contribution is -1.86. The molecule has 1 aromatic heterocycles. The van der Waals surface area contributed by atoms with Gasteiger partial charge in [0.15, 0.2) is 0 Å². The van der Waals surface area contributed by atoms with Crippen molar-refractivity contribution in [2.75, 3.05) is 7.11 Å². The molecule has 0 N–H and O–H groups in total. The Labute approximate surface area is 103 Å². The van der Waals surface area contributed by atoms with Crippen LogP contribution in [0.15, 0.2) is 33.5 Å². The van der Waals surface area contributed by atoms with Crippen LogP contribution in [0.5, 0.6) is 5.75 Å². The number of nitrogens with zero attached hydrogens (tertiary/aromatic N) is 1. The van der Waals surface area contributed by atoms with E-state index in [2.05, 4.69) is 20.9 Å². The van der Waals surface area contributed by atoms with E-state index in [1.807, 2.05) is 31.2 Å². The Hall–Kier alpha value is -1.29. The minimum atomic E-state index is 0.516. The van der Waals surface area contributed by atoms with Crippen LogP contribution in [-0.2, 0) is 6.42 Å². The number of oxazole rings is 1. The first-order chi connectivity index (χ1) is 7.74. The van der Waals surface area contributed by atoms with Gasteiger partial charge in [0.2, 0.25) is 0 Å².